The molecule has 0 aliphatic heterocycles. The van der Waals surface area contributed by atoms with Crippen molar-refractivity contribution in [2.24, 2.45) is 0 Å². The van der Waals surface area contributed by atoms with Gasteiger partial charge in [-0.15, -0.1) is 0 Å². The Labute approximate surface area is 75.7 Å². The van der Waals surface area contributed by atoms with E-state index in [1.54, 1.807) is 4.68 Å². The van der Waals surface area contributed by atoms with E-state index in [-0.39, 0.29) is 6.04 Å². The highest BCUT2D eigenvalue weighted by molar-refractivity contribution is 7.98. The summed E-state index contributed by atoms with van der Waals surface area (Å²) in [7, 11) is 0. The molecule has 2 N–H and O–H groups in total. The zero-order valence-corrected chi connectivity index (χ0v) is 8.08. The van der Waals surface area contributed by atoms with Crippen molar-refractivity contribution in [2.45, 2.75) is 19.4 Å². The number of rotatable bonds is 4. The van der Waals surface area contributed by atoms with Gasteiger partial charge >= 0.3 is 0 Å². The first-order valence-electron chi connectivity index (χ1n) is 3.78. The Morgan fingerprint density at radius 1 is 1.67 bits per heavy atom. The summed E-state index contributed by atoms with van der Waals surface area (Å²) in [6, 6.07) is 0.285. The molecule has 0 fully saturated rings. The van der Waals surface area contributed by atoms with E-state index in [4.69, 9.17) is 5.73 Å². The van der Waals surface area contributed by atoms with Crippen LogP contribution in [-0.2, 0) is 0 Å². The van der Waals surface area contributed by atoms with Crippen LogP contribution in [0.15, 0.2) is 0 Å². The second-order valence-electron chi connectivity index (χ2n) is 2.61. The number of tetrazole rings is 1. The number of nitrogens with zero attached hydrogens (tertiary/aromatic N) is 4. The zero-order valence-electron chi connectivity index (χ0n) is 7.27. The summed E-state index contributed by atoms with van der Waals surface area (Å²) in [6.07, 6.45) is 3.12. The van der Waals surface area contributed by atoms with Crippen LogP contribution in [0.2, 0.25) is 0 Å². The van der Waals surface area contributed by atoms with Crippen LogP contribution >= 0.6 is 11.8 Å². The Bertz CT molecular complexity index is 236. The first kappa shape index (κ1) is 9.31. The van der Waals surface area contributed by atoms with Crippen molar-refractivity contribution in [3.63, 3.8) is 0 Å². The molecule has 0 amide bonds. The second-order valence-corrected chi connectivity index (χ2v) is 3.60. The molecule has 12 heavy (non-hydrogen) atoms. The Hall–Kier alpha value is -0.780. The molecule has 0 radical (unpaired) electrons. The van der Waals surface area contributed by atoms with Gasteiger partial charge in [0.2, 0.25) is 5.95 Å². The fraction of sp³-hybridized carbons (Fsp3) is 0.833. The standard InChI is InChI=1S/C6H13N5S/c1-5(3-4-12-2)11-6(7)8-9-10-11/h5H,3-4H2,1-2H3,(H2,7,8,10). The minimum absolute atomic E-state index is 0.285. The molecule has 0 spiro atoms. The number of nitrogens with two attached hydrogens (primary N) is 1. The van der Waals surface area contributed by atoms with Crippen LogP contribution in [-0.4, -0.2) is 32.2 Å². The first-order chi connectivity index (χ1) is 5.75. The van der Waals surface area contributed by atoms with Crippen LogP contribution in [0.25, 0.3) is 0 Å². The number of nitrogen functional groups attached to an aromatic ring is 1. The lowest BCUT2D eigenvalue weighted by Gasteiger charge is -2.09. The monoisotopic (exact) mass is 187 g/mol. The van der Waals surface area contributed by atoms with Gasteiger partial charge in [0, 0.05) is 0 Å². The van der Waals surface area contributed by atoms with E-state index < -0.39 is 0 Å². The number of hydrogen-bond acceptors (Lipinski definition) is 5. The van der Waals surface area contributed by atoms with Gasteiger partial charge in [-0.25, -0.2) is 4.68 Å². The molecule has 0 aromatic carbocycles. The SMILES string of the molecule is CSCCC(C)n1nnnc1N. The summed E-state index contributed by atoms with van der Waals surface area (Å²) in [4.78, 5) is 0. The van der Waals surface area contributed by atoms with Crippen molar-refractivity contribution in [2.75, 3.05) is 17.7 Å². The van der Waals surface area contributed by atoms with Gasteiger partial charge in [0.05, 0.1) is 6.04 Å². The molecule has 0 aliphatic carbocycles. The van der Waals surface area contributed by atoms with Crippen molar-refractivity contribution in [1.29, 1.82) is 0 Å². The average Bonchev–Trinajstić information content (AvgIpc) is 2.47. The third kappa shape index (κ3) is 2.10. The van der Waals surface area contributed by atoms with Gasteiger partial charge < -0.3 is 5.73 Å². The minimum Gasteiger partial charge on any atom is -0.367 e. The Morgan fingerprint density at radius 3 is 2.92 bits per heavy atom. The second kappa shape index (κ2) is 4.30. The molecule has 1 rings (SSSR count). The maximum atomic E-state index is 5.53. The van der Waals surface area contributed by atoms with Gasteiger partial charge in [-0.1, -0.05) is 5.10 Å². The summed E-state index contributed by atoms with van der Waals surface area (Å²) >= 11 is 1.81. The van der Waals surface area contributed by atoms with E-state index >= 15 is 0 Å². The smallest absolute Gasteiger partial charge is 0.240 e. The molecule has 6 heteroatoms. The van der Waals surface area contributed by atoms with E-state index in [2.05, 4.69) is 28.7 Å². The van der Waals surface area contributed by atoms with Gasteiger partial charge in [0.25, 0.3) is 0 Å². The lowest BCUT2D eigenvalue weighted by molar-refractivity contribution is 0.473. The number of anilines is 1. The summed E-state index contributed by atoms with van der Waals surface area (Å²) < 4.78 is 1.65. The zero-order chi connectivity index (χ0) is 8.97. The molecule has 1 aromatic rings. The van der Waals surface area contributed by atoms with Crippen molar-refractivity contribution in [3.8, 4) is 0 Å². The molecule has 1 heterocycles. The van der Waals surface area contributed by atoms with Crippen molar-refractivity contribution in [1.82, 2.24) is 20.2 Å². The van der Waals surface area contributed by atoms with Gasteiger partial charge in [0.15, 0.2) is 0 Å². The molecule has 0 bridgehead atoms. The van der Waals surface area contributed by atoms with Crippen molar-refractivity contribution >= 4 is 17.7 Å². The Kier molecular flexibility index (Phi) is 3.33. The normalized spacial score (nSPS) is 13.2. The van der Waals surface area contributed by atoms with Crippen molar-refractivity contribution in [3.05, 3.63) is 0 Å². The summed E-state index contributed by atoms with van der Waals surface area (Å²) in [5.74, 6) is 1.49. The summed E-state index contributed by atoms with van der Waals surface area (Å²) in [6.45, 7) is 2.06. The number of hydrogen-bond donors (Lipinski definition) is 1. The minimum atomic E-state index is 0.285. The van der Waals surface area contributed by atoms with Crippen LogP contribution in [0.1, 0.15) is 19.4 Å². The van der Waals surface area contributed by atoms with Crippen LogP contribution in [0, 0.1) is 0 Å². The van der Waals surface area contributed by atoms with Gasteiger partial charge in [-0.2, -0.15) is 11.8 Å². The lowest BCUT2D eigenvalue weighted by Crippen LogP contribution is -2.11. The highest BCUT2D eigenvalue weighted by Gasteiger charge is 2.08. The highest BCUT2D eigenvalue weighted by Crippen LogP contribution is 2.13. The molecule has 0 aliphatic rings. The maximum absolute atomic E-state index is 5.53. The van der Waals surface area contributed by atoms with Crippen molar-refractivity contribution < 1.29 is 0 Å². The predicted octanol–water partition coefficient (Wildman–Crippen LogP) is 0.569. The third-order valence-corrected chi connectivity index (χ3v) is 2.32. The van der Waals surface area contributed by atoms with Crippen LogP contribution in [0.5, 0.6) is 0 Å². The molecule has 0 saturated carbocycles. The highest BCUT2D eigenvalue weighted by atomic mass is 32.2. The van der Waals surface area contributed by atoms with Gasteiger partial charge in [-0.05, 0) is 35.8 Å². The van der Waals surface area contributed by atoms with E-state index in [0.29, 0.717) is 5.95 Å². The molecule has 5 nitrogen and oxygen atoms in total. The van der Waals surface area contributed by atoms with Crippen LogP contribution < -0.4 is 5.73 Å². The number of thioether (sulfide) groups is 1. The Balaban J connectivity index is 2.52. The number of aromatic nitrogens is 4. The topological polar surface area (TPSA) is 69.6 Å². The third-order valence-electron chi connectivity index (χ3n) is 1.68. The van der Waals surface area contributed by atoms with E-state index in [1.165, 1.54) is 0 Å². The predicted molar refractivity (Wildman–Crippen MR) is 49.9 cm³/mol. The maximum Gasteiger partial charge on any atom is 0.240 e. The molecule has 0 saturated heterocycles. The summed E-state index contributed by atoms with van der Waals surface area (Å²) in [5.41, 5.74) is 5.53. The molecule has 1 unspecified atom stereocenters. The lowest BCUT2D eigenvalue weighted by atomic mass is 10.3. The van der Waals surface area contributed by atoms with Gasteiger partial charge in [-0.3, -0.25) is 0 Å². The molecule has 1 aromatic heterocycles. The molecule has 1 atom stereocenters. The quantitative estimate of drug-likeness (QED) is 0.746. The van der Waals surface area contributed by atoms with Gasteiger partial charge in [0.1, 0.15) is 0 Å². The van der Waals surface area contributed by atoms with E-state index in [0.717, 1.165) is 12.2 Å². The Morgan fingerprint density at radius 2 is 2.42 bits per heavy atom. The fourth-order valence-corrected chi connectivity index (χ4v) is 1.50. The average molecular weight is 187 g/mol. The largest absolute Gasteiger partial charge is 0.367 e. The van der Waals surface area contributed by atoms with E-state index in [1.807, 2.05) is 11.8 Å². The van der Waals surface area contributed by atoms with Crippen LogP contribution in [0.4, 0.5) is 5.95 Å². The van der Waals surface area contributed by atoms with Crippen LogP contribution in [0.3, 0.4) is 0 Å². The fourth-order valence-electron chi connectivity index (χ4n) is 0.925. The molecular weight excluding hydrogens is 174 g/mol. The first-order valence-corrected chi connectivity index (χ1v) is 5.17. The summed E-state index contributed by atoms with van der Waals surface area (Å²) in [5, 5.41) is 10.9. The van der Waals surface area contributed by atoms with E-state index in [9.17, 15) is 0 Å². The molecule has 68 valence electrons. The molecular formula is C6H13N5S.